The maximum absolute atomic E-state index is 12.2. The van der Waals surface area contributed by atoms with Crippen LogP contribution in [0.4, 0.5) is 17.3 Å². The van der Waals surface area contributed by atoms with E-state index in [2.05, 4.69) is 62.5 Å². The number of amides is 1. The molecule has 9 nitrogen and oxygen atoms in total. The summed E-state index contributed by atoms with van der Waals surface area (Å²) < 4.78 is 6.68. The molecule has 11 heteroatoms. The molecular formula is C31H38BN6O3Si. The van der Waals surface area contributed by atoms with Crippen LogP contribution in [-0.4, -0.2) is 58.0 Å². The first kappa shape index (κ1) is 30.9. The highest BCUT2D eigenvalue weighted by Crippen LogP contribution is 2.46. The van der Waals surface area contributed by atoms with Crippen LogP contribution < -0.4 is 15.4 Å². The Morgan fingerprint density at radius 3 is 2.64 bits per heavy atom. The first-order valence-electron chi connectivity index (χ1n) is 13.9. The van der Waals surface area contributed by atoms with Gasteiger partial charge in [-0.2, -0.15) is 5.26 Å². The van der Waals surface area contributed by atoms with Gasteiger partial charge < -0.3 is 24.7 Å². The quantitative estimate of drug-likeness (QED) is 0.257. The minimum absolute atomic E-state index is 0.0433. The van der Waals surface area contributed by atoms with Crippen LogP contribution in [0.1, 0.15) is 54.7 Å². The molecule has 0 fully saturated rings. The number of aromatic nitrogens is 2. The number of hydrogen-bond donors (Lipinski definition) is 2. The van der Waals surface area contributed by atoms with E-state index in [1.165, 1.54) is 7.41 Å². The molecule has 1 amide bonds. The fraction of sp³-hybridized carbons (Fsp3) is 0.387. The zero-order chi connectivity index (χ0) is 30.9. The number of carbonyl (C=O) groups excluding carboxylic acids is 2. The number of anilines is 3. The van der Waals surface area contributed by atoms with Gasteiger partial charge in [-0.15, -0.1) is 0 Å². The van der Waals surface area contributed by atoms with Crippen molar-refractivity contribution < 1.29 is 14.0 Å². The van der Waals surface area contributed by atoms with Gasteiger partial charge in [0, 0.05) is 54.3 Å². The summed E-state index contributed by atoms with van der Waals surface area (Å²) in [7, 11) is 1.02. The van der Waals surface area contributed by atoms with E-state index < -0.39 is 13.7 Å². The maximum atomic E-state index is 12.2. The molecule has 0 saturated heterocycles. The van der Waals surface area contributed by atoms with Gasteiger partial charge >= 0.3 is 7.41 Å². The number of fused-ring (bicyclic) bond motifs is 1. The molecule has 217 valence electrons. The number of benzene rings is 2. The summed E-state index contributed by atoms with van der Waals surface area (Å²) in [4.78, 5) is 34.7. The van der Waals surface area contributed by atoms with Crippen LogP contribution >= 0.6 is 0 Å². The smallest absolute Gasteiger partial charge is 0.329 e. The highest BCUT2D eigenvalue weighted by atomic mass is 28.4. The summed E-state index contributed by atoms with van der Waals surface area (Å²) in [5.41, 5.74) is 5.24. The Bertz CT molecular complexity index is 1570. The third kappa shape index (κ3) is 6.10. The van der Waals surface area contributed by atoms with Crippen molar-refractivity contribution in [3.8, 4) is 17.3 Å². The molecule has 0 unspecified atom stereocenters. The maximum Gasteiger partial charge on any atom is 0.329 e. The van der Waals surface area contributed by atoms with Crippen molar-refractivity contribution in [1.82, 2.24) is 15.3 Å². The number of carbonyl (C=O) groups is 2. The van der Waals surface area contributed by atoms with Crippen LogP contribution in [0.3, 0.4) is 0 Å². The molecule has 0 aliphatic carbocycles. The highest BCUT2D eigenvalue weighted by Gasteiger charge is 2.44. The summed E-state index contributed by atoms with van der Waals surface area (Å²) in [6.07, 6.45) is 2.41. The Morgan fingerprint density at radius 1 is 1.26 bits per heavy atom. The van der Waals surface area contributed by atoms with Crippen LogP contribution in [0.2, 0.25) is 18.1 Å². The van der Waals surface area contributed by atoms with E-state index in [-0.39, 0.29) is 10.9 Å². The molecule has 1 radical (unpaired) electrons. The highest BCUT2D eigenvalue weighted by molar-refractivity contribution is 6.74. The summed E-state index contributed by atoms with van der Waals surface area (Å²) in [6, 6.07) is 13.4. The summed E-state index contributed by atoms with van der Waals surface area (Å²) >= 11 is 0. The average molecular weight is 582 g/mol. The van der Waals surface area contributed by atoms with Gasteiger partial charge in [-0.05, 0) is 66.5 Å². The van der Waals surface area contributed by atoms with E-state index in [4.69, 9.17) is 9.41 Å². The lowest BCUT2D eigenvalue weighted by Crippen LogP contribution is -2.46. The monoisotopic (exact) mass is 581 g/mol. The third-order valence-corrected chi connectivity index (χ3v) is 12.9. The minimum atomic E-state index is -2.06. The number of nitriles is 1. The first-order valence-corrected chi connectivity index (χ1v) is 16.8. The van der Waals surface area contributed by atoms with Crippen molar-refractivity contribution in [2.24, 2.45) is 0 Å². The van der Waals surface area contributed by atoms with Gasteiger partial charge in [0.15, 0.2) is 8.32 Å². The van der Waals surface area contributed by atoms with Crippen molar-refractivity contribution in [2.45, 2.75) is 58.2 Å². The van der Waals surface area contributed by atoms with Crippen molar-refractivity contribution in [3.05, 3.63) is 64.8 Å². The molecule has 1 aromatic heterocycles. The zero-order valence-corrected chi connectivity index (χ0v) is 26.6. The first-order chi connectivity index (χ1) is 19.7. The molecule has 2 aromatic carbocycles. The second kappa shape index (κ2) is 11.7. The van der Waals surface area contributed by atoms with Gasteiger partial charge in [0.05, 0.1) is 11.3 Å². The summed E-state index contributed by atoms with van der Waals surface area (Å²) in [6.45, 7) is 16.1. The fourth-order valence-corrected chi connectivity index (χ4v) is 5.91. The van der Waals surface area contributed by atoms with Crippen LogP contribution in [0.5, 0.6) is 0 Å². The van der Waals surface area contributed by atoms with Crippen LogP contribution in [0.25, 0.3) is 11.3 Å². The number of aryl methyl sites for hydroxylation is 1. The molecule has 0 spiro atoms. The van der Waals surface area contributed by atoms with Gasteiger partial charge in [-0.1, -0.05) is 33.8 Å². The van der Waals surface area contributed by atoms with Gasteiger partial charge in [-0.3, -0.25) is 4.79 Å². The Hall–Kier alpha value is -4.01. The molecule has 3 aromatic rings. The van der Waals surface area contributed by atoms with Crippen molar-refractivity contribution >= 4 is 45.1 Å². The second-order valence-electron chi connectivity index (χ2n) is 12.6. The topological polar surface area (TPSA) is 120 Å². The molecule has 42 heavy (non-hydrogen) atoms. The molecule has 2 N–H and O–H groups in total. The molecule has 2 heterocycles. The van der Waals surface area contributed by atoms with Crippen molar-refractivity contribution in [2.75, 3.05) is 30.3 Å². The number of nitrogens with zero attached hydrogens (tertiary/aromatic N) is 4. The minimum Gasteiger partial charge on any atom is -0.416 e. The fourth-order valence-electron chi connectivity index (χ4n) is 4.80. The van der Waals surface area contributed by atoms with E-state index in [0.29, 0.717) is 35.9 Å². The second-order valence-corrected chi connectivity index (χ2v) is 17.4. The number of rotatable bonds is 9. The van der Waals surface area contributed by atoms with Crippen LogP contribution in [0, 0.1) is 18.3 Å². The number of hydrogen-bond acceptors (Lipinski definition) is 8. The normalized spacial score (nSPS) is 16.4. The van der Waals surface area contributed by atoms with Gasteiger partial charge in [0.1, 0.15) is 12.3 Å². The summed E-state index contributed by atoms with van der Waals surface area (Å²) in [5, 5.41) is 16.1. The lowest BCUT2D eigenvalue weighted by atomic mass is 9.83. The summed E-state index contributed by atoms with van der Waals surface area (Å²) in [5.74, 6) is 0.181. The Morgan fingerprint density at radius 2 is 2.00 bits per heavy atom. The molecule has 0 bridgehead atoms. The van der Waals surface area contributed by atoms with Crippen molar-refractivity contribution in [3.63, 3.8) is 0 Å². The third-order valence-electron chi connectivity index (χ3n) is 8.41. The van der Waals surface area contributed by atoms with Crippen molar-refractivity contribution in [1.29, 1.82) is 5.26 Å². The van der Waals surface area contributed by atoms with E-state index in [1.54, 1.807) is 37.5 Å². The van der Waals surface area contributed by atoms with E-state index in [0.717, 1.165) is 34.3 Å². The standard InChI is InChI=1S/C31H38BN6O3Si/c1-20-9-10-21(28(40)34-6)15-26(20)37-29-35-12-11-25(36-29)22-13-23(16-33)27-24(14-22)31(5,17-38(27)32-19-39)18-41-42(7,8)30(2,3)4/h9-15,19H,17-18H2,1-8H3,(H,34,40)(H,35,36,37)/t31-/m1/s1. The Balaban J connectivity index is 1.74. The van der Waals surface area contributed by atoms with E-state index in [1.807, 2.05) is 23.9 Å². The molecule has 0 saturated carbocycles. The van der Waals surface area contributed by atoms with Gasteiger partial charge in [-0.25, -0.2) is 9.97 Å². The van der Waals surface area contributed by atoms with Crippen LogP contribution in [-0.2, 0) is 14.6 Å². The van der Waals surface area contributed by atoms with Gasteiger partial charge in [0.25, 0.3) is 5.91 Å². The lowest BCUT2D eigenvalue weighted by molar-refractivity contribution is 0.0963. The molecule has 1 atom stereocenters. The Kier molecular flexibility index (Phi) is 8.62. The molecule has 4 rings (SSSR count). The Labute approximate surface area is 250 Å². The SMILES string of the molecule is CNC(=O)c1ccc(C)c(Nc2nccc(-c3cc(C#N)c4c(c3)[C@@](C)(CO[Si](C)(C)C(C)(C)C)CN4[B]C=O)n2)c1. The molecule has 1 aliphatic heterocycles. The lowest BCUT2D eigenvalue weighted by Gasteiger charge is -2.39. The van der Waals surface area contributed by atoms with Gasteiger partial charge in [0.2, 0.25) is 5.95 Å². The largest absolute Gasteiger partial charge is 0.416 e. The van der Waals surface area contributed by atoms with E-state index >= 15 is 0 Å². The predicted octanol–water partition coefficient (Wildman–Crippen LogP) is 5.34. The average Bonchev–Trinajstić information content (AvgIpc) is 3.23. The van der Waals surface area contributed by atoms with Crippen LogP contribution in [0.15, 0.2) is 42.6 Å². The molecular weight excluding hydrogens is 543 g/mol. The predicted molar refractivity (Wildman–Crippen MR) is 170 cm³/mol. The van der Waals surface area contributed by atoms with E-state index in [9.17, 15) is 14.9 Å². The molecule has 1 aliphatic rings. The zero-order valence-electron chi connectivity index (χ0n) is 25.6. The number of nitrogens with one attached hydrogen (secondary N) is 2.